The van der Waals surface area contributed by atoms with Crippen LogP contribution in [0.2, 0.25) is 0 Å². The molecule has 1 amide bonds. The van der Waals surface area contributed by atoms with Crippen LogP contribution in [0.5, 0.6) is 0 Å². The lowest BCUT2D eigenvalue weighted by Crippen LogP contribution is -2.20. The second-order valence-corrected chi connectivity index (χ2v) is 2.89. The second kappa shape index (κ2) is 3.37. The van der Waals surface area contributed by atoms with E-state index in [0.29, 0.717) is 0 Å². The highest BCUT2D eigenvalue weighted by molar-refractivity contribution is 5.78. The molecule has 0 fully saturated rings. The minimum absolute atomic E-state index is 0.0660. The lowest BCUT2D eigenvalue weighted by Gasteiger charge is -2.03. The lowest BCUT2D eigenvalue weighted by atomic mass is 10.0. The Balaban J connectivity index is 2.64. The van der Waals surface area contributed by atoms with Gasteiger partial charge >= 0.3 is 0 Å². The van der Waals surface area contributed by atoms with Crippen molar-refractivity contribution in [1.29, 1.82) is 0 Å². The average Bonchev–Trinajstić information content (AvgIpc) is 2.13. The van der Waals surface area contributed by atoms with Crippen molar-refractivity contribution in [3.05, 3.63) is 23.8 Å². The minimum atomic E-state index is -0.218. The number of hydrogen-bond donors (Lipinski definition) is 1. The maximum absolute atomic E-state index is 10.8. The maximum atomic E-state index is 10.8. The summed E-state index contributed by atoms with van der Waals surface area (Å²) in [7, 11) is 0. The Morgan fingerprint density at radius 1 is 1.73 bits per heavy atom. The van der Waals surface area contributed by atoms with Crippen LogP contribution in [0.3, 0.4) is 0 Å². The first kappa shape index (κ1) is 8.05. The van der Waals surface area contributed by atoms with E-state index in [2.05, 4.69) is 6.08 Å². The van der Waals surface area contributed by atoms with E-state index in [1.54, 1.807) is 0 Å². The van der Waals surface area contributed by atoms with Crippen LogP contribution < -0.4 is 5.73 Å². The summed E-state index contributed by atoms with van der Waals surface area (Å²) in [6.45, 7) is 2.03. The first-order chi connectivity index (χ1) is 5.20. The molecule has 60 valence electrons. The fourth-order valence-corrected chi connectivity index (χ4v) is 1.16. The van der Waals surface area contributed by atoms with Gasteiger partial charge in [0.25, 0.3) is 0 Å². The Morgan fingerprint density at radius 3 is 3.09 bits per heavy atom. The van der Waals surface area contributed by atoms with E-state index in [4.69, 9.17) is 5.73 Å². The molecule has 2 N–H and O–H groups in total. The standard InChI is InChI=1S/C9H13NO/c1-7-3-2-4-8(6-5-7)9(10)11/h3,5-6,8H,2,4H2,1H3,(H2,10,11). The van der Waals surface area contributed by atoms with Crippen LogP contribution in [0.25, 0.3) is 0 Å². The summed E-state index contributed by atoms with van der Waals surface area (Å²) in [5, 5.41) is 0. The van der Waals surface area contributed by atoms with Crippen molar-refractivity contribution in [2.75, 3.05) is 0 Å². The molecule has 0 heterocycles. The van der Waals surface area contributed by atoms with Crippen LogP contribution in [-0.2, 0) is 4.79 Å². The molecule has 1 atom stereocenters. The van der Waals surface area contributed by atoms with Gasteiger partial charge in [0.2, 0.25) is 5.91 Å². The van der Waals surface area contributed by atoms with Gasteiger partial charge in [-0.25, -0.2) is 0 Å². The summed E-state index contributed by atoms with van der Waals surface area (Å²) in [6.07, 6.45) is 7.78. The normalized spacial score (nSPS) is 24.1. The van der Waals surface area contributed by atoms with Gasteiger partial charge in [-0.05, 0) is 19.8 Å². The van der Waals surface area contributed by atoms with Crippen LogP contribution in [-0.4, -0.2) is 5.91 Å². The molecule has 0 aromatic carbocycles. The van der Waals surface area contributed by atoms with Crippen LogP contribution in [0.15, 0.2) is 23.8 Å². The second-order valence-electron chi connectivity index (χ2n) is 2.89. The highest BCUT2D eigenvalue weighted by atomic mass is 16.1. The van der Waals surface area contributed by atoms with E-state index < -0.39 is 0 Å². The molecule has 2 heteroatoms. The fraction of sp³-hybridized carbons (Fsp3) is 0.444. The van der Waals surface area contributed by atoms with Gasteiger partial charge in [-0.15, -0.1) is 0 Å². The Bertz CT molecular complexity index is 216. The zero-order chi connectivity index (χ0) is 8.27. The van der Waals surface area contributed by atoms with Crippen LogP contribution in [0, 0.1) is 5.92 Å². The predicted octanol–water partition coefficient (Wildman–Crippen LogP) is 1.38. The first-order valence-electron chi connectivity index (χ1n) is 3.84. The number of primary amides is 1. The Labute approximate surface area is 66.8 Å². The maximum Gasteiger partial charge on any atom is 0.224 e. The van der Waals surface area contributed by atoms with Crippen LogP contribution in [0.1, 0.15) is 19.8 Å². The molecule has 0 radical (unpaired) electrons. The largest absolute Gasteiger partial charge is 0.369 e. The molecule has 0 aromatic rings. The van der Waals surface area contributed by atoms with Crippen LogP contribution >= 0.6 is 0 Å². The fourth-order valence-electron chi connectivity index (χ4n) is 1.16. The Morgan fingerprint density at radius 2 is 2.45 bits per heavy atom. The summed E-state index contributed by atoms with van der Waals surface area (Å²) in [5.74, 6) is -0.284. The molecule has 11 heavy (non-hydrogen) atoms. The SMILES string of the molecule is CC1=CCCC(C(N)=O)C=C1. The molecule has 0 aromatic heterocycles. The number of rotatable bonds is 1. The third-order valence-corrected chi connectivity index (χ3v) is 1.90. The number of carbonyl (C=O) groups is 1. The summed E-state index contributed by atoms with van der Waals surface area (Å²) in [6, 6.07) is 0. The zero-order valence-electron chi connectivity index (χ0n) is 6.71. The summed E-state index contributed by atoms with van der Waals surface area (Å²) in [4.78, 5) is 10.8. The zero-order valence-corrected chi connectivity index (χ0v) is 6.71. The molecular weight excluding hydrogens is 138 g/mol. The highest BCUT2D eigenvalue weighted by Crippen LogP contribution is 2.15. The first-order valence-corrected chi connectivity index (χ1v) is 3.84. The average molecular weight is 151 g/mol. The monoisotopic (exact) mass is 151 g/mol. The number of nitrogens with two attached hydrogens (primary N) is 1. The van der Waals surface area contributed by atoms with Crippen molar-refractivity contribution in [3.8, 4) is 0 Å². The van der Waals surface area contributed by atoms with Crippen molar-refractivity contribution in [2.45, 2.75) is 19.8 Å². The van der Waals surface area contributed by atoms with Crippen molar-refractivity contribution >= 4 is 5.91 Å². The summed E-state index contributed by atoms with van der Waals surface area (Å²) >= 11 is 0. The summed E-state index contributed by atoms with van der Waals surface area (Å²) in [5.41, 5.74) is 6.39. The molecule has 0 saturated heterocycles. The molecular formula is C9H13NO. The molecule has 0 aliphatic heterocycles. The highest BCUT2D eigenvalue weighted by Gasteiger charge is 2.11. The Hall–Kier alpha value is -1.05. The molecule has 1 aliphatic carbocycles. The number of carbonyl (C=O) groups excluding carboxylic acids is 1. The molecule has 1 aliphatic rings. The molecule has 1 rings (SSSR count). The van der Waals surface area contributed by atoms with Gasteiger partial charge < -0.3 is 5.73 Å². The van der Waals surface area contributed by atoms with Gasteiger partial charge in [-0.2, -0.15) is 0 Å². The number of allylic oxidation sites excluding steroid dienone is 3. The third-order valence-electron chi connectivity index (χ3n) is 1.90. The van der Waals surface area contributed by atoms with E-state index in [1.807, 2.05) is 19.1 Å². The predicted molar refractivity (Wildman–Crippen MR) is 44.8 cm³/mol. The topological polar surface area (TPSA) is 43.1 Å². The smallest absolute Gasteiger partial charge is 0.224 e. The molecule has 0 saturated carbocycles. The summed E-state index contributed by atoms with van der Waals surface area (Å²) < 4.78 is 0. The van der Waals surface area contributed by atoms with Gasteiger partial charge in [0.1, 0.15) is 0 Å². The number of amides is 1. The van der Waals surface area contributed by atoms with E-state index >= 15 is 0 Å². The van der Waals surface area contributed by atoms with E-state index in [1.165, 1.54) is 5.57 Å². The van der Waals surface area contributed by atoms with Gasteiger partial charge in [-0.3, -0.25) is 4.79 Å². The van der Waals surface area contributed by atoms with Crippen molar-refractivity contribution in [1.82, 2.24) is 0 Å². The van der Waals surface area contributed by atoms with Gasteiger partial charge in [0, 0.05) is 0 Å². The van der Waals surface area contributed by atoms with E-state index in [-0.39, 0.29) is 11.8 Å². The Kier molecular flexibility index (Phi) is 2.47. The molecule has 1 unspecified atom stereocenters. The van der Waals surface area contributed by atoms with Gasteiger partial charge in [-0.1, -0.05) is 23.8 Å². The minimum Gasteiger partial charge on any atom is -0.369 e. The van der Waals surface area contributed by atoms with Gasteiger partial charge in [0.05, 0.1) is 5.92 Å². The van der Waals surface area contributed by atoms with Crippen molar-refractivity contribution in [2.24, 2.45) is 11.7 Å². The quantitative estimate of drug-likeness (QED) is 0.604. The molecule has 0 bridgehead atoms. The molecule has 2 nitrogen and oxygen atoms in total. The lowest BCUT2D eigenvalue weighted by molar-refractivity contribution is -0.120. The van der Waals surface area contributed by atoms with Crippen molar-refractivity contribution in [3.63, 3.8) is 0 Å². The van der Waals surface area contributed by atoms with Gasteiger partial charge in [0.15, 0.2) is 0 Å². The van der Waals surface area contributed by atoms with E-state index in [9.17, 15) is 4.79 Å². The van der Waals surface area contributed by atoms with Crippen LogP contribution in [0.4, 0.5) is 0 Å². The number of hydrogen-bond acceptors (Lipinski definition) is 1. The molecule has 0 spiro atoms. The van der Waals surface area contributed by atoms with Crippen molar-refractivity contribution < 1.29 is 4.79 Å². The van der Waals surface area contributed by atoms with E-state index in [0.717, 1.165) is 12.8 Å². The third kappa shape index (κ3) is 2.22.